The Morgan fingerprint density at radius 2 is 2.09 bits per heavy atom. The second kappa shape index (κ2) is 7.19. The SMILES string of the molecule is CC(C)[C@H](N)C(=O)NCC(=O)NC1(c2nccs2)CCCC1. The predicted octanol–water partition coefficient (Wildman–Crippen LogP) is 1.13. The van der Waals surface area contributed by atoms with Crippen molar-refractivity contribution in [2.45, 2.75) is 51.1 Å². The van der Waals surface area contributed by atoms with Crippen LogP contribution in [-0.2, 0) is 15.1 Å². The quantitative estimate of drug-likeness (QED) is 0.730. The van der Waals surface area contributed by atoms with E-state index < -0.39 is 6.04 Å². The first kappa shape index (κ1) is 16.9. The minimum absolute atomic E-state index is 0.0413. The van der Waals surface area contributed by atoms with E-state index in [0.717, 1.165) is 30.7 Å². The van der Waals surface area contributed by atoms with Crippen LogP contribution in [0.1, 0.15) is 44.5 Å². The molecule has 1 atom stereocenters. The molecule has 1 aromatic heterocycles. The van der Waals surface area contributed by atoms with Gasteiger partial charge in [0.15, 0.2) is 0 Å². The summed E-state index contributed by atoms with van der Waals surface area (Å²) in [6.07, 6.45) is 5.70. The standard InChI is InChI=1S/C15H24N4O2S/c1-10(2)12(16)13(21)18-9-11(20)19-15(5-3-4-6-15)14-17-7-8-22-14/h7-8,10,12H,3-6,9,16H2,1-2H3,(H,18,21)(H,19,20)/t12-/m0/s1. The van der Waals surface area contributed by atoms with Crippen molar-refractivity contribution >= 4 is 23.2 Å². The lowest BCUT2D eigenvalue weighted by Crippen LogP contribution is -2.51. The number of nitrogens with two attached hydrogens (primary N) is 1. The summed E-state index contributed by atoms with van der Waals surface area (Å²) in [6.45, 7) is 3.70. The van der Waals surface area contributed by atoms with Crippen LogP contribution < -0.4 is 16.4 Å². The monoisotopic (exact) mass is 324 g/mol. The molecule has 0 aliphatic heterocycles. The number of hydrogen-bond donors (Lipinski definition) is 3. The van der Waals surface area contributed by atoms with Gasteiger partial charge in [-0.1, -0.05) is 26.7 Å². The van der Waals surface area contributed by atoms with Crippen molar-refractivity contribution < 1.29 is 9.59 Å². The first-order valence-corrected chi connectivity index (χ1v) is 8.57. The van der Waals surface area contributed by atoms with E-state index in [1.807, 2.05) is 19.2 Å². The molecule has 0 spiro atoms. The van der Waals surface area contributed by atoms with Gasteiger partial charge in [-0.25, -0.2) is 4.98 Å². The molecular weight excluding hydrogens is 300 g/mol. The van der Waals surface area contributed by atoms with Gasteiger partial charge in [-0.15, -0.1) is 11.3 Å². The summed E-state index contributed by atoms with van der Waals surface area (Å²) in [4.78, 5) is 28.4. The van der Waals surface area contributed by atoms with Crippen LogP contribution in [0.4, 0.5) is 0 Å². The second-order valence-corrected chi connectivity index (χ2v) is 7.06. The van der Waals surface area contributed by atoms with E-state index in [4.69, 9.17) is 5.73 Å². The Bertz CT molecular complexity index is 510. The van der Waals surface area contributed by atoms with E-state index >= 15 is 0 Å². The first-order chi connectivity index (χ1) is 10.4. The molecule has 1 aliphatic rings. The number of thiazole rings is 1. The fraction of sp³-hybridized carbons (Fsp3) is 0.667. The van der Waals surface area contributed by atoms with E-state index in [2.05, 4.69) is 15.6 Å². The van der Waals surface area contributed by atoms with Crippen LogP contribution in [0.5, 0.6) is 0 Å². The van der Waals surface area contributed by atoms with Crippen molar-refractivity contribution in [3.05, 3.63) is 16.6 Å². The predicted molar refractivity (Wildman–Crippen MR) is 86.2 cm³/mol. The molecule has 2 rings (SSSR count). The van der Waals surface area contributed by atoms with E-state index in [0.29, 0.717) is 0 Å². The average Bonchev–Trinajstić information content (AvgIpc) is 3.15. The zero-order valence-corrected chi connectivity index (χ0v) is 13.9. The minimum atomic E-state index is -0.591. The second-order valence-electron chi connectivity index (χ2n) is 6.16. The number of carbonyl (C=O) groups excluding carboxylic acids is 2. The van der Waals surface area contributed by atoms with Crippen LogP contribution in [-0.4, -0.2) is 29.4 Å². The minimum Gasteiger partial charge on any atom is -0.346 e. The third-order valence-corrected chi connectivity index (χ3v) is 5.10. The molecule has 2 amide bonds. The highest BCUT2D eigenvalue weighted by Gasteiger charge is 2.39. The van der Waals surface area contributed by atoms with Crippen LogP contribution in [0.25, 0.3) is 0 Å². The van der Waals surface area contributed by atoms with E-state index in [1.165, 1.54) is 0 Å². The number of nitrogens with zero attached hydrogens (tertiary/aromatic N) is 1. The van der Waals surface area contributed by atoms with E-state index in [1.54, 1.807) is 17.5 Å². The topological polar surface area (TPSA) is 97.1 Å². The highest BCUT2D eigenvalue weighted by atomic mass is 32.1. The Hall–Kier alpha value is -1.47. The zero-order chi connectivity index (χ0) is 16.2. The summed E-state index contributed by atoms with van der Waals surface area (Å²) in [5, 5.41) is 8.55. The molecule has 0 unspecified atom stereocenters. The number of amides is 2. The summed E-state index contributed by atoms with van der Waals surface area (Å²) >= 11 is 1.56. The largest absolute Gasteiger partial charge is 0.346 e. The molecule has 1 saturated carbocycles. The van der Waals surface area contributed by atoms with Crippen LogP contribution in [0, 0.1) is 5.92 Å². The van der Waals surface area contributed by atoms with Crippen molar-refractivity contribution in [2.75, 3.05) is 6.54 Å². The lowest BCUT2D eigenvalue weighted by atomic mass is 9.98. The Kier molecular flexibility index (Phi) is 5.52. The first-order valence-electron chi connectivity index (χ1n) is 7.69. The third kappa shape index (κ3) is 3.84. The van der Waals surface area contributed by atoms with Gasteiger partial charge < -0.3 is 16.4 Å². The van der Waals surface area contributed by atoms with Crippen molar-refractivity contribution in [3.63, 3.8) is 0 Å². The summed E-state index contributed by atoms with van der Waals surface area (Å²) < 4.78 is 0. The van der Waals surface area contributed by atoms with E-state index in [-0.39, 0.29) is 29.8 Å². The summed E-state index contributed by atoms with van der Waals surface area (Å²) in [5.74, 6) is -0.444. The van der Waals surface area contributed by atoms with Crippen LogP contribution in [0.2, 0.25) is 0 Å². The molecule has 1 aliphatic carbocycles. The molecule has 1 aromatic rings. The van der Waals surface area contributed by atoms with Crippen molar-refractivity contribution in [2.24, 2.45) is 11.7 Å². The van der Waals surface area contributed by atoms with Gasteiger partial charge in [-0.3, -0.25) is 9.59 Å². The maximum Gasteiger partial charge on any atom is 0.240 e. The zero-order valence-electron chi connectivity index (χ0n) is 13.1. The van der Waals surface area contributed by atoms with Gasteiger partial charge in [-0.05, 0) is 18.8 Å². The molecule has 6 nitrogen and oxygen atoms in total. The molecule has 1 heterocycles. The van der Waals surface area contributed by atoms with Crippen molar-refractivity contribution in [3.8, 4) is 0 Å². The normalized spacial score (nSPS) is 18.2. The number of carbonyl (C=O) groups is 2. The van der Waals surface area contributed by atoms with Crippen molar-refractivity contribution in [1.82, 2.24) is 15.6 Å². The van der Waals surface area contributed by atoms with Gasteiger partial charge in [0.25, 0.3) is 0 Å². The van der Waals surface area contributed by atoms with Gasteiger partial charge in [0, 0.05) is 11.6 Å². The molecule has 22 heavy (non-hydrogen) atoms. The van der Waals surface area contributed by atoms with Gasteiger partial charge in [0.2, 0.25) is 11.8 Å². The molecule has 122 valence electrons. The molecule has 4 N–H and O–H groups in total. The third-order valence-electron chi connectivity index (χ3n) is 4.12. The molecule has 0 saturated heterocycles. The van der Waals surface area contributed by atoms with Crippen LogP contribution >= 0.6 is 11.3 Å². The number of rotatable bonds is 6. The lowest BCUT2D eigenvalue weighted by molar-refractivity contribution is -0.128. The summed E-state index contributed by atoms with van der Waals surface area (Å²) in [6, 6.07) is -0.591. The van der Waals surface area contributed by atoms with Gasteiger partial charge in [-0.2, -0.15) is 0 Å². The van der Waals surface area contributed by atoms with Gasteiger partial charge >= 0.3 is 0 Å². The molecule has 1 fully saturated rings. The Balaban J connectivity index is 1.92. The fourth-order valence-corrected chi connectivity index (χ4v) is 3.58. The summed E-state index contributed by atoms with van der Waals surface area (Å²) in [7, 11) is 0. The Morgan fingerprint density at radius 3 is 2.64 bits per heavy atom. The molecular formula is C15H24N4O2S. The van der Waals surface area contributed by atoms with Crippen LogP contribution in [0.3, 0.4) is 0 Å². The Morgan fingerprint density at radius 1 is 1.41 bits per heavy atom. The number of nitrogens with one attached hydrogen (secondary N) is 2. The maximum absolute atomic E-state index is 12.2. The highest BCUT2D eigenvalue weighted by molar-refractivity contribution is 7.09. The smallest absolute Gasteiger partial charge is 0.240 e. The highest BCUT2D eigenvalue weighted by Crippen LogP contribution is 2.39. The molecule has 0 aromatic carbocycles. The van der Waals surface area contributed by atoms with Gasteiger partial charge in [0.1, 0.15) is 5.01 Å². The van der Waals surface area contributed by atoms with E-state index in [9.17, 15) is 9.59 Å². The molecule has 0 bridgehead atoms. The number of aromatic nitrogens is 1. The lowest BCUT2D eigenvalue weighted by Gasteiger charge is -2.28. The van der Waals surface area contributed by atoms with Crippen LogP contribution in [0.15, 0.2) is 11.6 Å². The number of hydrogen-bond acceptors (Lipinski definition) is 5. The molecule has 0 radical (unpaired) electrons. The Labute approximate surface area is 134 Å². The maximum atomic E-state index is 12.2. The fourth-order valence-electron chi connectivity index (χ4n) is 2.73. The average molecular weight is 324 g/mol. The summed E-state index contributed by atoms with van der Waals surface area (Å²) in [5.41, 5.74) is 5.40. The molecule has 7 heteroatoms. The van der Waals surface area contributed by atoms with Gasteiger partial charge in [0.05, 0.1) is 18.1 Å². The van der Waals surface area contributed by atoms with Crippen molar-refractivity contribution in [1.29, 1.82) is 0 Å².